The highest BCUT2D eigenvalue weighted by atomic mass is 127. The van der Waals surface area contributed by atoms with Crippen molar-refractivity contribution in [3.8, 4) is 28.8 Å². The summed E-state index contributed by atoms with van der Waals surface area (Å²) in [7, 11) is 3.16. The number of nitrogens with one attached hydrogen (secondary N) is 1. The second kappa shape index (κ2) is 9.81. The first-order valence-corrected chi connectivity index (χ1v) is 10.8. The molecule has 1 N–H and O–H groups in total. The van der Waals surface area contributed by atoms with Gasteiger partial charge in [-0.1, -0.05) is 0 Å². The van der Waals surface area contributed by atoms with Crippen LogP contribution in [0.4, 0.5) is 0 Å². The largest absolute Gasteiger partial charge is 0.493 e. The third-order valence-corrected chi connectivity index (χ3v) is 5.34. The molecule has 2 heterocycles. The maximum Gasteiger partial charge on any atom is 0.251 e. The van der Waals surface area contributed by atoms with Crippen LogP contribution in [0.15, 0.2) is 54.6 Å². The second-order valence-electron chi connectivity index (χ2n) is 6.65. The van der Waals surface area contributed by atoms with E-state index in [1.54, 1.807) is 49.1 Å². The number of halogens is 1. The molecule has 0 spiro atoms. The van der Waals surface area contributed by atoms with Gasteiger partial charge >= 0.3 is 0 Å². The summed E-state index contributed by atoms with van der Waals surface area (Å²) in [5.74, 6) is 1.98. The molecule has 4 rings (SSSR count). The molecule has 9 nitrogen and oxygen atoms in total. The first-order valence-electron chi connectivity index (χ1n) is 9.70. The fourth-order valence-corrected chi connectivity index (χ4v) is 3.39. The molecule has 0 aliphatic rings. The molecule has 1 amide bonds. The molecule has 0 fully saturated rings. The molecule has 32 heavy (non-hydrogen) atoms. The Bertz CT molecular complexity index is 1240. The second-order valence-corrected chi connectivity index (χ2v) is 7.89. The third-order valence-electron chi connectivity index (χ3n) is 4.62. The molecule has 2 aromatic carbocycles. The van der Waals surface area contributed by atoms with Crippen molar-refractivity contribution in [2.45, 2.75) is 0 Å². The number of methoxy groups -OCH3 is 2. The Hall–Kier alpha value is -3.41. The monoisotopic (exact) mass is 545 g/mol. The van der Waals surface area contributed by atoms with Gasteiger partial charge in [-0.05, 0) is 71.1 Å². The van der Waals surface area contributed by atoms with Crippen LogP contribution in [0.3, 0.4) is 0 Å². The minimum absolute atomic E-state index is 0.150. The Morgan fingerprint density at radius 3 is 2.53 bits per heavy atom. The van der Waals surface area contributed by atoms with Gasteiger partial charge in [0.25, 0.3) is 5.91 Å². The lowest BCUT2D eigenvalue weighted by Crippen LogP contribution is -2.28. The molecule has 0 unspecified atom stereocenters. The standard InChI is InChI=1S/C22H20IN5O4/c1-30-17-8-5-15(13-18(17)31-2)21-26-25-19-9-10-20(27-28(19)21)32-12-11-24-22(29)14-3-6-16(23)7-4-14/h3-10,13H,11-12H2,1-2H3,(H,24,29). The Balaban J connectivity index is 1.43. The van der Waals surface area contributed by atoms with Crippen LogP contribution < -0.4 is 19.5 Å². The molecule has 10 heteroatoms. The summed E-state index contributed by atoms with van der Waals surface area (Å²) < 4.78 is 19.0. The number of carbonyl (C=O) groups excluding carboxylic acids is 1. The van der Waals surface area contributed by atoms with Gasteiger partial charge in [-0.2, -0.15) is 4.52 Å². The number of amides is 1. The van der Waals surface area contributed by atoms with Gasteiger partial charge in [0.2, 0.25) is 5.88 Å². The van der Waals surface area contributed by atoms with Crippen molar-refractivity contribution in [1.29, 1.82) is 0 Å². The third kappa shape index (κ3) is 4.74. The summed E-state index contributed by atoms with van der Waals surface area (Å²) in [6.07, 6.45) is 0. The van der Waals surface area contributed by atoms with Crippen LogP contribution in [-0.2, 0) is 0 Å². The van der Waals surface area contributed by atoms with Gasteiger partial charge in [0, 0.05) is 20.8 Å². The molecule has 0 atom stereocenters. The highest BCUT2D eigenvalue weighted by Gasteiger charge is 2.14. The minimum atomic E-state index is -0.150. The lowest BCUT2D eigenvalue weighted by Gasteiger charge is -2.09. The number of hydrogen-bond donors (Lipinski definition) is 1. The molecule has 0 radical (unpaired) electrons. The number of nitrogens with zero attached hydrogens (tertiary/aromatic N) is 4. The normalized spacial score (nSPS) is 10.7. The van der Waals surface area contributed by atoms with E-state index in [0.29, 0.717) is 41.0 Å². The number of ether oxygens (including phenoxy) is 3. The summed E-state index contributed by atoms with van der Waals surface area (Å²) >= 11 is 2.20. The van der Waals surface area contributed by atoms with Crippen LogP contribution in [0.2, 0.25) is 0 Å². The predicted octanol–water partition coefficient (Wildman–Crippen LogP) is 3.22. The summed E-state index contributed by atoms with van der Waals surface area (Å²) in [6, 6.07) is 16.3. The Morgan fingerprint density at radius 2 is 1.78 bits per heavy atom. The average Bonchev–Trinajstić information content (AvgIpc) is 3.25. The number of aromatic nitrogens is 4. The van der Waals surface area contributed by atoms with Gasteiger partial charge in [-0.15, -0.1) is 15.3 Å². The molecular weight excluding hydrogens is 525 g/mol. The van der Waals surface area contributed by atoms with Crippen LogP contribution in [0, 0.1) is 3.57 Å². The fourth-order valence-electron chi connectivity index (χ4n) is 3.03. The quantitative estimate of drug-likeness (QED) is 0.268. The van der Waals surface area contributed by atoms with Crippen LogP contribution in [0.25, 0.3) is 17.0 Å². The molecule has 0 bridgehead atoms. The SMILES string of the molecule is COc1ccc(-c2nnc3ccc(OCCNC(=O)c4ccc(I)cc4)nn23)cc1OC. The van der Waals surface area contributed by atoms with Crippen LogP contribution in [-0.4, -0.2) is 53.1 Å². The molecule has 0 aliphatic heterocycles. The maximum absolute atomic E-state index is 12.2. The van der Waals surface area contributed by atoms with Crippen molar-refractivity contribution in [2.75, 3.05) is 27.4 Å². The highest BCUT2D eigenvalue weighted by Crippen LogP contribution is 2.31. The van der Waals surface area contributed by atoms with Gasteiger partial charge in [0.05, 0.1) is 20.8 Å². The summed E-state index contributed by atoms with van der Waals surface area (Å²) in [5, 5.41) is 15.7. The van der Waals surface area contributed by atoms with E-state index in [4.69, 9.17) is 14.2 Å². The topological polar surface area (TPSA) is 99.9 Å². The fraction of sp³-hybridized carbons (Fsp3) is 0.182. The lowest BCUT2D eigenvalue weighted by molar-refractivity contribution is 0.0946. The summed E-state index contributed by atoms with van der Waals surface area (Å²) in [6.45, 7) is 0.609. The van der Waals surface area contributed by atoms with Crippen LogP contribution in [0.5, 0.6) is 17.4 Å². The van der Waals surface area contributed by atoms with E-state index in [1.807, 2.05) is 24.3 Å². The van der Waals surface area contributed by atoms with E-state index in [2.05, 4.69) is 43.2 Å². The highest BCUT2D eigenvalue weighted by molar-refractivity contribution is 14.1. The lowest BCUT2D eigenvalue weighted by atomic mass is 10.2. The van der Waals surface area contributed by atoms with Crippen molar-refractivity contribution in [1.82, 2.24) is 25.1 Å². The van der Waals surface area contributed by atoms with E-state index < -0.39 is 0 Å². The van der Waals surface area contributed by atoms with Crippen LogP contribution >= 0.6 is 22.6 Å². The molecule has 2 aromatic heterocycles. The number of carbonyl (C=O) groups is 1. The van der Waals surface area contributed by atoms with Crippen molar-refractivity contribution in [3.05, 3.63) is 63.7 Å². The van der Waals surface area contributed by atoms with E-state index in [1.165, 1.54) is 0 Å². The van der Waals surface area contributed by atoms with E-state index in [-0.39, 0.29) is 12.5 Å². The van der Waals surface area contributed by atoms with E-state index in [9.17, 15) is 4.79 Å². The minimum Gasteiger partial charge on any atom is -0.493 e. The zero-order chi connectivity index (χ0) is 22.5. The number of rotatable bonds is 8. The molecular formula is C22H20IN5O4. The van der Waals surface area contributed by atoms with Gasteiger partial charge in [-0.25, -0.2) is 0 Å². The van der Waals surface area contributed by atoms with Gasteiger partial charge in [-0.3, -0.25) is 4.79 Å². The summed E-state index contributed by atoms with van der Waals surface area (Å²) in [4.78, 5) is 12.2. The molecule has 164 valence electrons. The van der Waals surface area contributed by atoms with Gasteiger partial charge < -0.3 is 19.5 Å². The smallest absolute Gasteiger partial charge is 0.251 e. The van der Waals surface area contributed by atoms with Crippen molar-refractivity contribution in [2.24, 2.45) is 0 Å². The van der Waals surface area contributed by atoms with Crippen LogP contribution in [0.1, 0.15) is 10.4 Å². The van der Waals surface area contributed by atoms with Gasteiger partial charge in [0.1, 0.15) is 6.61 Å². The predicted molar refractivity (Wildman–Crippen MR) is 126 cm³/mol. The zero-order valence-electron chi connectivity index (χ0n) is 17.4. The van der Waals surface area contributed by atoms with E-state index >= 15 is 0 Å². The van der Waals surface area contributed by atoms with Crippen molar-refractivity contribution in [3.63, 3.8) is 0 Å². The maximum atomic E-state index is 12.2. The van der Waals surface area contributed by atoms with Crippen molar-refractivity contribution >= 4 is 34.1 Å². The first kappa shape index (κ1) is 21.8. The molecule has 0 saturated carbocycles. The molecule has 4 aromatic rings. The molecule has 0 aliphatic carbocycles. The zero-order valence-corrected chi connectivity index (χ0v) is 19.6. The number of fused-ring (bicyclic) bond motifs is 1. The van der Waals surface area contributed by atoms with E-state index in [0.717, 1.165) is 9.13 Å². The number of hydrogen-bond acceptors (Lipinski definition) is 7. The Morgan fingerprint density at radius 1 is 1.00 bits per heavy atom. The Kier molecular flexibility index (Phi) is 6.69. The number of benzene rings is 2. The average molecular weight is 545 g/mol. The van der Waals surface area contributed by atoms with Crippen molar-refractivity contribution < 1.29 is 19.0 Å². The van der Waals surface area contributed by atoms with Gasteiger partial charge in [0.15, 0.2) is 23.0 Å². The first-order chi connectivity index (χ1) is 15.6. The summed E-state index contributed by atoms with van der Waals surface area (Å²) in [5.41, 5.74) is 1.95. The Labute approximate surface area is 197 Å². The molecule has 0 saturated heterocycles.